The number of benzene rings is 2. The van der Waals surface area contributed by atoms with Crippen LogP contribution in [0.2, 0.25) is 0 Å². The lowest BCUT2D eigenvalue weighted by Crippen LogP contribution is -2.41. The van der Waals surface area contributed by atoms with Gasteiger partial charge in [0, 0.05) is 12.0 Å². The molecule has 1 aliphatic carbocycles. The molecule has 36 heavy (non-hydrogen) atoms. The van der Waals surface area contributed by atoms with Gasteiger partial charge in [0.25, 0.3) is 5.91 Å². The van der Waals surface area contributed by atoms with E-state index in [1.807, 2.05) is 37.3 Å². The van der Waals surface area contributed by atoms with Gasteiger partial charge in [-0.15, -0.1) is 0 Å². The van der Waals surface area contributed by atoms with Crippen LogP contribution in [0, 0.1) is 6.92 Å². The van der Waals surface area contributed by atoms with E-state index in [1.54, 1.807) is 24.3 Å². The van der Waals surface area contributed by atoms with Gasteiger partial charge in [0.2, 0.25) is 0 Å². The predicted octanol–water partition coefficient (Wildman–Crippen LogP) is 4.96. The number of aromatic hydroxyl groups is 2. The second kappa shape index (κ2) is 12.3. The molecule has 0 bridgehead atoms. The van der Waals surface area contributed by atoms with Crippen LogP contribution in [-0.4, -0.2) is 33.2 Å². The molecule has 186 valence electrons. The van der Waals surface area contributed by atoms with Crippen LogP contribution < -0.4 is 10.1 Å². The summed E-state index contributed by atoms with van der Waals surface area (Å²) in [5, 5.41) is 32.0. The minimum Gasteiger partial charge on any atom is -0.507 e. The number of phenols is 2. The average Bonchev–Trinajstić information content (AvgIpc) is 3.11. The fourth-order valence-corrected chi connectivity index (χ4v) is 3.59. The van der Waals surface area contributed by atoms with Crippen molar-refractivity contribution in [2.45, 2.75) is 32.4 Å². The van der Waals surface area contributed by atoms with E-state index < -0.39 is 17.9 Å². The maximum absolute atomic E-state index is 12.9. The molecule has 1 amide bonds. The van der Waals surface area contributed by atoms with Gasteiger partial charge in [-0.05, 0) is 60.4 Å². The summed E-state index contributed by atoms with van der Waals surface area (Å²) in [5.41, 5.74) is 2.84. The monoisotopic (exact) mass is 487 g/mol. The van der Waals surface area contributed by atoms with Gasteiger partial charge in [-0.25, -0.2) is 4.79 Å². The number of amides is 1. The molecule has 2 aromatic rings. The number of hydrogen-bond acceptors (Lipinski definition) is 5. The summed E-state index contributed by atoms with van der Waals surface area (Å²) < 4.78 is 5.71. The zero-order chi connectivity index (χ0) is 26.1. The Morgan fingerprint density at radius 3 is 2.58 bits per heavy atom. The van der Waals surface area contributed by atoms with Crippen LogP contribution in [-0.2, 0) is 16.2 Å². The molecule has 0 aromatic heterocycles. The van der Waals surface area contributed by atoms with E-state index in [0.717, 1.165) is 23.1 Å². The molecule has 0 spiro atoms. The fourth-order valence-electron chi connectivity index (χ4n) is 3.59. The summed E-state index contributed by atoms with van der Waals surface area (Å²) in [4.78, 5) is 24.7. The number of allylic oxidation sites excluding steroid dienone is 5. The number of hydrogen-bond donors (Lipinski definition) is 4. The lowest BCUT2D eigenvalue weighted by molar-refractivity contribution is -0.141. The van der Waals surface area contributed by atoms with Gasteiger partial charge < -0.3 is 25.4 Å². The van der Waals surface area contributed by atoms with Crippen LogP contribution in [0.15, 0.2) is 90.6 Å². The molecule has 0 fully saturated rings. The Morgan fingerprint density at radius 2 is 1.92 bits per heavy atom. The van der Waals surface area contributed by atoms with Gasteiger partial charge in [0.05, 0.1) is 5.56 Å². The first-order valence-corrected chi connectivity index (χ1v) is 11.4. The first-order valence-electron chi connectivity index (χ1n) is 11.4. The smallest absolute Gasteiger partial charge is 0.326 e. The number of phenolic OH excluding ortho intramolecular Hbond substituents is 2. The minimum absolute atomic E-state index is 0.0224. The molecule has 1 atom stereocenters. The molecule has 0 heterocycles. The summed E-state index contributed by atoms with van der Waals surface area (Å²) >= 11 is 0. The second-order valence-electron chi connectivity index (χ2n) is 8.26. The van der Waals surface area contributed by atoms with E-state index in [4.69, 9.17) is 4.74 Å². The number of ether oxygens (including phenoxy) is 1. The van der Waals surface area contributed by atoms with Gasteiger partial charge in [0.1, 0.15) is 29.9 Å². The van der Waals surface area contributed by atoms with Crippen molar-refractivity contribution in [2.75, 3.05) is 0 Å². The molecule has 1 aliphatic rings. The van der Waals surface area contributed by atoms with Gasteiger partial charge >= 0.3 is 5.97 Å². The van der Waals surface area contributed by atoms with Crippen molar-refractivity contribution < 1.29 is 29.6 Å². The Morgan fingerprint density at radius 1 is 1.17 bits per heavy atom. The molecule has 2 aromatic carbocycles. The molecule has 0 aliphatic heterocycles. The van der Waals surface area contributed by atoms with Crippen molar-refractivity contribution in [3.8, 4) is 17.2 Å². The molecule has 0 radical (unpaired) electrons. The van der Waals surface area contributed by atoms with Crippen LogP contribution in [0.1, 0.15) is 29.5 Å². The molecule has 7 heteroatoms. The zero-order valence-corrected chi connectivity index (χ0v) is 20.0. The Balaban J connectivity index is 1.71. The van der Waals surface area contributed by atoms with E-state index in [1.165, 1.54) is 24.3 Å². The predicted molar refractivity (Wildman–Crippen MR) is 139 cm³/mol. The maximum atomic E-state index is 12.9. The molecule has 0 saturated carbocycles. The third-order valence-electron chi connectivity index (χ3n) is 5.64. The average molecular weight is 488 g/mol. The third-order valence-corrected chi connectivity index (χ3v) is 5.64. The number of carbonyl (C=O) groups is 2. The Labute approximate surface area is 210 Å². The molecule has 7 nitrogen and oxygen atoms in total. The molecular formula is C29H29NO6. The molecule has 3 rings (SSSR count). The zero-order valence-electron chi connectivity index (χ0n) is 20.0. The Hall–Kier alpha value is -4.52. The van der Waals surface area contributed by atoms with Crippen molar-refractivity contribution in [1.29, 1.82) is 0 Å². The summed E-state index contributed by atoms with van der Waals surface area (Å²) in [6.07, 6.45) is 13.4. The van der Waals surface area contributed by atoms with Crippen molar-refractivity contribution in [2.24, 2.45) is 0 Å². The standard InChI is InChI=1S/C29H29NO6/c1-3-21(28(33)30-25(29(34)35)16-20-9-6-4-5-7-10-20)17-22-13-14-23(15-19(22)2)36-18-24-26(31)11-8-12-27(24)32/h3-4,6-15,17,25,31-32H,1,5,16,18H2,2H3,(H,30,33)(H,34,35)/b21-17+. The van der Waals surface area contributed by atoms with Gasteiger partial charge in [-0.2, -0.15) is 0 Å². The van der Waals surface area contributed by atoms with Gasteiger partial charge in [0.15, 0.2) is 0 Å². The highest BCUT2D eigenvalue weighted by Gasteiger charge is 2.22. The SMILES string of the molecule is C=C/C(=C\c1ccc(OCc2c(O)cccc2O)cc1C)C(=O)NC(CC1=CC=CCC=C1)C(=O)O. The lowest BCUT2D eigenvalue weighted by Gasteiger charge is -2.16. The summed E-state index contributed by atoms with van der Waals surface area (Å²) in [6, 6.07) is 8.60. The number of carboxylic acids is 1. The molecular weight excluding hydrogens is 458 g/mol. The topological polar surface area (TPSA) is 116 Å². The van der Waals surface area contributed by atoms with E-state index in [-0.39, 0.29) is 35.7 Å². The number of carboxylic acid groups (broad SMARTS) is 1. The Kier molecular flexibility index (Phi) is 8.89. The highest BCUT2D eigenvalue weighted by molar-refractivity contribution is 6.02. The number of aliphatic carboxylic acids is 1. The highest BCUT2D eigenvalue weighted by Crippen LogP contribution is 2.28. The Bertz CT molecular complexity index is 1250. The van der Waals surface area contributed by atoms with Crippen LogP contribution in [0.5, 0.6) is 17.2 Å². The van der Waals surface area contributed by atoms with Crippen molar-refractivity contribution in [3.63, 3.8) is 0 Å². The van der Waals surface area contributed by atoms with E-state index in [9.17, 15) is 24.9 Å². The van der Waals surface area contributed by atoms with Crippen LogP contribution in [0.4, 0.5) is 0 Å². The quantitative estimate of drug-likeness (QED) is 0.278. The maximum Gasteiger partial charge on any atom is 0.326 e. The minimum atomic E-state index is -1.12. The summed E-state index contributed by atoms with van der Waals surface area (Å²) in [6.45, 7) is 5.52. The first kappa shape index (κ1) is 26.1. The fraction of sp³-hybridized carbons (Fsp3) is 0.172. The van der Waals surface area contributed by atoms with Crippen molar-refractivity contribution in [1.82, 2.24) is 5.32 Å². The van der Waals surface area contributed by atoms with Crippen LogP contribution >= 0.6 is 0 Å². The number of aryl methyl sites for hydroxylation is 1. The van der Waals surface area contributed by atoms with Crippen LogP contribution in [0.3, 0.4) is 0 Å². The lowest BCUT2D eigenvalue weighted by atomic mass is 10.0. The second-order valence-corrected chi connectivity index (χ2v) is 8.26. The third kappa shape index (κ3) is 6.99. The van der Waals surface area contributed by atoms with Crippen molar-refractivity contribution in [3.05, 3.63) is 107 Å². The first-order chi connectivity index (χ1) is 17.3. The molecule has 1 unspecified atom stereocenters. The normalized spacial score (nSPS) is 13.9. The highest BCUT2D eigenvalue weighted by atomic mass is 16.5. The summed E-state index contributed by atoms with van der Waals surface area (Å²) in [7, 11) is 0. The van der Waals surface area contributed by atoms with E-state index >= 15 is 0 Å². The van der Waals surface area contributed by atoms with E-state index in [2.05, 4.69) is 11.9 Å². The van der Waals surface area contributed by atoms with Gasteiger partial charge in [-0.3, -0.25) is 4.79 Å². The summed E-state index contributed by atoms with van der Waals surface area (Å²) in [5.74, 6) is -1.27. The molecule has 4 N–H and O–H groups in total. The van der Waals surface area contributed by atoms with Gasteiger partial charge in [-0.1, -0.05) is 55.2 Å². The van der Waals surface area contributed by atoms with Crippen molar-refractivity contribution >= 4 is 18.0 Å². The largest absolute Gasteiger partial charge is 0.507 e. The number of carbonyl (C=O) groups excluding carboxylic acids is 1. The van der Waals surface area contributed by atoms with Crippen LogP contribution in [0.25, 0.3) is 6.08 Å². The molecule has 0 saturated heterocycles. The van der Waals surface area contributed by atoms with E-state index in [0.29, 0.717) is 5.75 Å². The number of rotatable bonds is 10. The number of nitrogens with one attached hydrogen (secondary N) is 1.